The van der Waals surface area contributed by atoms with Crippen molar-refractivity contribution in [2.24, 2.45) is 0 Å². The molecule has 0 aliphatic heterocycles. The highest BCUT2D eigenvalue weighted by Gasteiger charge is 2.06. The Morgan fingerprint density at radius 2 is 1.79 bits per heavy atom. The van der Waals surface area contributed by atoms with E-state index in [1.54, 1.807) is 0 Å². The lowest BCUT2D eigenvalue weighted by Gasteiger charge is -2.20. The van der Waals surface area contributed by atoms with Gasteiger partial charge in [0.25, 0.3) is 0 Å². The summed E-state index contributed by atoms with van der Waals surface area (Å²) in [5, 5.41) is 0. The van der Waals surface area contributed by atoms with Crippen molar-refractivity contribution < 1.29 is 0 Å². The maximum absolute atomic E-state index is 5.71. The van der Waals surface area contributed by atoms with Crippen molar-refractivity contribution in [2.75, 3.05) is 12.3 Å². The van der Waals surface area contributed by atoms with Crippen molar-refractivity contribution in [3.05, 3.63) is 59.4 Å². The molecule has 0 saturated heterocycles. The lowest BCUT2D eigenvalue weighted by Crippen LogP contribution is -2.22. The van der Waals surface area contributed by atoms with Gasteiger partial charge < -0.3 is 5.73 Å². The van der Waals surface area contributed by atoms with E-state index in [0.29, 0.717) is 0 Å². The minimum Gasteiger partial charge on any atom is -0.399 e. The van der Waals surface area contributed by atoms with Gasteiger partial charge in [0, 0.05) is 24.5 Å². The summed E-state index contributed by atoms with van der Waals surface area (Å²) >= 11 is 0. The smallest absolute Gasteiger partial charge is 0.0547 e. The number of nitrogens with two attached hydrogens (primary N) is 1. The Morgan fingerprint density at radius 1 is 1.05 bits per heavy atom. The molecule has 3 nitrogen and oxygen atoms in total. The Balaban J connectivity index is 2.02. The van der Waals surface area contributed by atoms with E-state index in [1.165, 1.54) is 5.56 Å². The van der Waals surface area contributed by atoms with Crippen LogP contribution in [0.3, 0.4) is 0 Å². The first-order valence-corrected chi connectivity index (χ1v) is 6.66. The predicted molar refractivity (Wildman–Crippen MR) is 79.6 cm³/mol. The van der Waals surface area contributed by atoms with E-state index in [0.717, 1.165) is 36.7 Å². The lowest BCUT2D eigenvalue weighted by atomic mass is 10.2. The van der Waals surface area contributed by atoms with Crippen LogP contribution in [0, 0.1) is 6.92 Å². The number of hydrogen-bond acceptors (Lipinski definition) is 3. The van der Waals surface area contributed by atoms with Crippen molar-refractivity contribution in [2.45, 2.75) is 26.9 Å². The molecule has 1 aromatic heterocycles. The lowest BCUT2D eigenvalue weighted by molar-refractivity contribution is 0.268. The van der Waals surface area contributed by atoms with Crippen molar-refractivity contribution in [1.82, 2.24) is 9.88 Å². The number of nitrogen functional groups attached to an aromatic ring is 1. The Hall–Kier alpha value is -1.87. The monoisotopic (exact) mass is 255 g/mol. The second kappa shape index (κ2) is 6.34. The van der Waals surface area contributed by atoms with Crippen molar-refractivity contribution in [3.63, 3.8) is 0 Å². The van der Waals surface area contributed by atoms with Gasteiger partial charge in [-0.15, -0.1) is 0 Å². The van der Waals surface area contributed by atoms with Crippen molar-refractivity contribution in [1.29, 1.82) is 0 Å². The average Bonchev–Trinajstić information content (AvgIpc) is 2.40. The van der Waals surface area contributed by atoms with Gasteiger partial charge in [0.15, 0.2) is 0 Å². The van der Waals surface area contributed by atoms with Crippen LogP contribution in [-0.2, 0) is 13.1 Å². The van der Waals surface area contributed by atoms with Crippen LogP contribution >= 0.6 is 0 Å². The van der Waals surface area contributed by atoms with Gasteiger partial charge in [-0.05, 0) is 43.3 Å². The van der Waals surface area contributed by atoms with Crippen LogP contribution in [0.1, 0.15) is 23.9 Å². The standard InChI is InChI=1S/C16H21N3/c1-3-19(11-14-7-9-15(17)10-8-14)12-16-6-4-5-13(2)18-16/h4-10H,3,11-12,17H2,1-2H3. The van der Waals surface area contributed by atoms with Gasteiger partial charge >= 0.3 is 0 Å². The summed E-state index contributed by atoms with van der Waals surface area (Å²) < 4.78 is 0. The van der Waals surface area contributed by atoms with Crippen molar-refractivity contribution >= 4 is 5.69 Å². The number of rotatable bonds is 5. The number of benzene rings is 1. The number of hydrogen-bond donors (Lipinski definition) is 1. The summed E-state index contributed by atoms with van der Waals surface area (Å²) in [6, 6.07) is 14.2. The van der Waals surface area contributed by atoms with E-state index >= 15 is 0 Å². The topological polar surface area (TPSA) is 42.1 Å². The molecule has 0 aliphatic rings. The molecular weight excluding hydrogens is 234 g/mol. The number of pyridine rings is 1. The van der Waals surface area contributed by atoms with Gasteiger partial charge in [-0.25, -0.2) is 0 Å². The van der Waals surface area contributed by atoms with Crippen molar-refractivity contribution in [3.8, 4) is 0 Å². The number of anilines is 1. The number of aryl methyl sites for hydroxylation is 1. The normalized spacial score (nSPS) is 10.9. The summed E-state index contributed by atoms with van der Waals surface area (Å²) in [6.07, 6.45) is 0. The van der Waals surface area contributed by atoms with Crippen LogP contribution in [0.5, 0.6) is 0 Å². The fraction of sp³-hybridized carbons (Fsp3) is 0.312. The summed E-state index contributed by atoms with van der Waals surface area (Å²) in [5.41, 5.74) is 9.99. The molecule has 19 heavy (non-hydrogen) atoms. The maximum Gasteiger partial charge on any atom is 0.0547 e. The van der Waals surface area contributed by atoms with E-state index in [-0.39, 0.29) is 0 Å². The van der Waals surface area contributed by atoms with Crippen LogP contribution in [0.25, 0.3) is 0 Å². The first kappa shape index (κ1) is 13.6. The minimum absolute atomic E-state index is 0.812. The van der Waals surface area contributed by atoms with Crippen LogP contribution in [-0.4, -0.2) is 16.4 Å². The van der Waals surface area contributed by atoms with Gasteiger partial charge in [-0.3, -0.25) is 9.88 Å². The first-order valence-electron chi connectivity index (χ1n) is 6.66. The van der Waals surface area contributed by atoms with E-state index < -0.39 is 0 Å². The zero-order valence-corrected chi connectivity index (χ0v) is 11.6. The van der Waals surface area contributed by atoms with E-state index in [9.17, 15) is 0 Å². The molecule has 0 fully saturated rings. The molecule has 2 N–H and O–H groups in total. The largest absolute Gasteiger partial charge is 0.399 e. The van der Waals surface area contributed by atoms with Crippen LogP contribution < -0.4 is 5.73 Å². The molecule has 0 atom stereocenters. The molecule has 100 valence electrons. The highest BCUT2D eigenvalue weighted by Crippen LogP contribution is 2.11. The summed E-state index contributed by atoms with van der Waals surface area (Å²) in [5.74, 6) is 0. The second-order valence-electron chi connectivity index (χ2n) is 4.82. The molecule has 0 saturated carbocycles. The zero-order chi connectivity index (χ0) is 13.7. The average molecular weight is 255 g/mol. The Bertz CT molecular complexity index is 520. The molecule has 0 unspecified atom stereocenters. The van der Waals surface area contributed by atoms with Crippen LogP contribution in [0.4, 0.5) is 5.69 Å². The molecule has 0 aliphatic carbocycles. The Labute approximate surface area is 115 Å². The molecule has 1 aromatic carbocycles. The number of nitrogens with zero attached hydrogens (tertiary/aromatic N) is 2. The molecule has 3 heteroatoms. The Kier molecular flexibility index (Phi) is 4.53. The second-order valence-corrected chi connectivity index (χ2v) is 4.82. The van der Waals surface area contributed by atoms with E-state index in [4.69, 9.17) is 5.73 Å². The summed E-state index contributed by atoms with van der Waals surface area (Å²) in [6.45, 7) is 7.00. The summed E-state index contributed by atoms with van der Waals surface area (Å²) in [7, 11) is 0. The Morgan fingerprint density at radius 3 is 2.42 bits per heavy atom. The van der Waals surface area contributed by atoms with Crippen LogP contribution in [0.15, 0.2) is 42.5 Å². The molecule has 1 heterocycles. The van der Waals surface area contributed by atoms with E-state index in [2.05, 4.69) is 41.1 Å². The van der Waals surface area contributed by atoms with Gasteiger partial charge in [0.1, 0.15) is 0 Å². The highest BCUT2D eigenvalue weighted by atomic mass is 15.1. The van der Waals surface area contributed by atoms with Gasteiger partial charge in [0.2, 0.25) is 0 Å². The quantitative estimate of drug-likeness (QED) is 0.835. The third-order valence-corrected chi connectivity index (χ3v) is 3.16. The fourth-order valence-corrected chi connectivity index (χ4v) is 2.08. The SMILES string of the molecule is CCN(Cc1ccc(N)cc1)Cc1cccc(C)n1. The molecule has 0 spiro atoms. The molecule has 0 radical (unpaired) electrons. The molecule has 2 aromatic rings. The maximum atomic E-state index is 5.71. The van der Waals surface area contributed by atoms with Gasteiger partial charge in [0.05, 0.1) is 5.69 Å². The first-order chi connectivity index (χ1) is 9.17. The van der Waals surface area contributed by atoms with Gasteiger partial charge in [-0.1, -0.05) is 25.1 Å². The van der Waals surface area contributed by atoms with E-state index in [1.807, 2.05) is 25.1 Å². The molecular formula is C16H21N3. The highest BCUT2D eigenvalue weighted by molar-refractivity contribution is 5.39. The molecule has 2 rings (SSSR count). The third-order valence-electron chi connectivity index (χ3n) is 3.16. The summed E-state index contributed by atoms with van der Waals surface area (Å²) in [4.78, 5) is 6.92. The fourth-order valence-electron chi connectivity index (χ4n) is 2.08. The minimum atomic E-state index is 0.812. The zero-order valence-electron chi connectivity index (χ0n) is 11.6. The third kappa shape index (κ3) is 4.07. The van der Waals surface area contributed by atoms with Gasteiger partial charge in [-0.2, -0.15) is 0 Å². The molecule has 0 bridgehead atoms. The predicted octanol–water partition coefficient (Wildman–Crippen LogP) is 2.99. The molecule has 0 amide bonds. The van der Waals surface area contributed by atoms with Crippen LogP contribution in [0.2, 0.25) is 0 Å². The number of aromatic nitrogens is 1.